The van der Waals surface area contributed by atoms with Gasteiger partial charge >= 0.3 is 12.1 Å². The number of carbonyl (C=O) groups is 1. The molecule has 1 aliphatic rings. The maximum atomic E-state index is 12.4. The van der Waals surface area contributed by atoms with Crippen molar-refractivity contribution in [3.8, 4) is 0 Å². The summed E-state index contributed by atoms with van der Waals surface area (Å²) in [7, 11) is 0. The van der Waals surface area contributed by atoms with Crippen LogP contribution >= 0.6 is 11.3 Å². The number of hydrogen-bond donors (Lipinski definition) is 2. The summed E-state index contributed by atoms with van der Waals surface area (Å²) in [5.41, 5.74) is 4.33. The average Bonchev–Trinajstić information content (AvgIpc) is 2.59. The van der Waals surface area contributed by atoms with Gasteiger partial charge in [-0.3, -0.25) is 4.79 Å². The zero-order chi connectivity index (χ0) is 12.8. The number of halogens is 3. The molecule has 1 fully saturated rings. The molecule has 94 valence electrons. The quantitative estimate of drug-likeness (QED) is 0.861. The Balaban J connectivity index is 2.34. The molecule has 2 rings (SSSR count). The first kappa shape index (κ1) is 12.4. The van der Waals surface area contributed by atoms with Gasteiger partial charge in [-0.15, -0.1) is 11.3 Å². The number of rotatable bonds is 2. The van der Waals surface area contributed by atoms with Crippen LogP contribution in [0.25, 0.3) is 0 Å². The van der Waals surface area contributed by atoms with E-state index in [2.05, 4.69) is 0 Å². The molecule has 1 aliphatic carbocycles. The van der Waals surface area contributed by atoms with E-state index in [0.29, 0.717) is 11.3 Å². The van der Waals surface area contributed by atoms with Gasteiger partial charge in [0.05, 0.1) is 0 Å². The fourth-order valence-electron chi connectivity index (χ4n) is 2.06. The highest BCUT2D eigenvalue weighted by Crippen LogP contribution is 2.48. The maximum absolute atomic E-state index is 12.4. The lowest BCUT2D eigenvalue weighted by atomic mass is 9.65. The number of hydrogen-bond acceptors (Lipinski definition) is 3. The summed E-state index contributed by atoms with van der Waals surface area (Å²) >= 11 is 0.492. The summed E-state index contributed by atoms with van der Waals surface area (Å²) in [6.07, 6.45) is -4.03. The summed E-state index contributed by atoms with van der Waals surface area (Å²) in [4.78, 5) is 10.6. The maximum Gasteiger partial charge on any atom is 0.425 e. The molecule has 0 spiro atoms. The Hall–Kier alpha value is -1.08. The molecular formula is C10H10F3NO2S. The van der Waals surface area contributed by atoms with E-state index >= 15 is 0 Å². The van der Waals surface area contributed by atoms with Crippen LogP contribution in [0, 0.1) is 0 Å². The van der Waals surface area contributed by atoms with Gasteiger partial charge in [0, 0.05) is 10.9 Å². The van der Waals surface area contributed by atoms with Gasteiger partial charge in [-0.05, 0) is 25.0 Å². The molecule has 0 bridgehead atoms. The second kappa shape index (κ2) is 3.71. The first-order valence-corrected chi connectivity index (χ1v) is 5.74. The van der Waals surface area contributed by atoms with Crippen molar-refractivity contribution >= 4 is 17.3 Å². The van der Waals surface area contributed by atoms with Crippen LogP contribution in [0.1, 0.15) is 22.6 Å². The van der Waals surface area contributed by atoms with E-state index in [1.165, 1.54) is 6.07 Å². The van der Waals surface area contributed by atoms with Crippen molar-refractivity contribution in [1.82, 2.24) is 0 Å². The zero-order valence-corrected chi connectivity index (χ0v) is 9.44. The molecule has 0 aromatic carbocycles. The van der Waals surface area contributed by atoms with Crippen molar-refractivity contribution in [3.05, 3.63) is 21.9 Å². The number of carboxylic acid groups (broad SMARTS) is 1. The van der Waals surface area contributed by atoms with Crippen LogP contribution in [0.5, 0.6) is 0 Å². The molecule has 17 heavy (non-hydrogen) atoms. The monoisotopic (exact) mass is 265 g/mol. The van der Waals surface area contributed by atoms with Crippen molar-refractivity contribution in [1.29, 1.82) is 0 Å². The minimum Gasteiger partial charge on any atom is -0.481 e. The minimum atomic E-state index is -4.42. The summed E-state index contributed by atoms with van der Waals surface area (Å²) in [6.45, 7) is 0. The molecule has 0 atom stereocenters. The minimum absolute atomic E-state index is 0.195. The molecular weight excluding hydrogens is 255 g/mol. The normalized spacial score (nSPS) is 28.8. The van der Waals surface area contributed by atoms with Crippen LogP contribution in [-0.4, -0.2) is 17.1 Å². The zero-order valence-electron chi connectivity index (χ0n) is 8.62. The molecule has 7 heteroatoms. The molecule has 0 saturated heterocycles. The number of carboxylic acids is 1. The topological polar surface area (TPSA) is 63.3 Å². The molecule has 0 unspecified atom stereocenters. The van der Waals surface area contributed by atoms with Gasteiger partial charge < -0.3 is 10.8 Å². The highest BCUT2D eigenvalue weighted by Gasteiger charge is 2.52. The van der Waals surface area contributed by atoms with E-state index in [9.17, 15) is 18.0 Å². The van der Waals surface area contributed by atoms with Crippen molar-refractivity contribution in [2.45, 2.75) is 30.5 Å². The van der Waals surface area contributed by atoms with Gasteiger partial charge in [-0.2, -0.15) is 13.2 Å². The van der Waals surface area contributed by atoms with E-state index in [1.807, 2.05) is 0 Å². The van der Waals surface area contributed by atoms with Gasteiger partial charge in [0.2, 0.25) is 0 Å². The Bertz CT molecular complexity index is 449. The molecule has 0 radical (unpaired) electrons. The summed E-state index contributed by atoms with van der Waals surface area (Å²) in [5, 5.41) is 9.14. The van der Waals surface area contributed by atoms with Gasteiger partial charge in [-0.1, -0.05) is 0 Å². The third-order valence-corrected chi connectivity index (χ3v) is 4.32. The van der Waals surface area contributed by atoms with E-state index in [4.69, 9.17) is 10.8 Å². The van der Waals surface area contributed by atoms with E-state index < -0.39 is 22.4 Å². The van der Waals surface area contributed by atoms with Gasteiger partial charge in [0.1, 0.15) is 10.3 Å². The van der Waals surface area contributed by atoms with Crippen LogP contribution in [0.3, 0.4) is 0 Å². The molecule has 1 saturated carbocycles. The summed E-state index contributed by atoms with van der Waals surface area (Å²) < 4.78 is 37.3. The van der Waals surface area contributed by atoms with Crippen molar-refractivity contribution in [3.63, 3.8) is 0 Å². The number of aliphatic carboxylic acids is 1. The Labute approximate surface area is 99.0 Å². The number of nitrogens with two attached hydrogens (primary N) is 1. The van der Waals surface area contributed by atoms with Gasteiger partial charge in [-0.25, -0.2) is 0 Å². The summed E-state index contributed by atoms with van der Waals surface area (Å²) in [5.74, 6) is -1.10. The second-order valence-corrected chi connectivity index (χ2v) is 5.30. The Morgan fingerprint density at radius 3 is 2.41 bits per heavy atom. The average molecular weight is 265 g/mol. The van der Waals surface area contributed by atoms with Crippen LogP contribution in [-0.2, 0) is 16.4 Å². The Morgan fingerprint density at radius 1 is 1.47 bits per heavy atom. The molecule has 1 aromatic heterocycles. The van der Waals surface area contributed by atoms with E-state index in [1.54, 1.807) is 0 Å². The predicted molar refractivity (Wildman–Crippen MR) is 55.8 cm³/mol. The van der Waals surface area contributed by atoms with Crippen molar-refractivity contribution in [2.24, 2.45) is 5.73 Å². The van der Waals surface area contributed by atoms with E-state index in [-0.39, 0.29) is 23.8 Å². The lowest BCUT2D eigenvalue weighted by molar-refractivity contribution is -0.148. The molecule has 1 aromatic rings. The summed E-state index contributed by atoms with van der Waals surface area (Å²) in [6, 6.07) is 1.92. The number of alkyl halides is 3. The highest BCUT2D eigenvalue weighted by molar-refractivity contribution is 7.12. The highest BCUT2D eigenvalue weighted by atomic mass is 32.1. The van der Waals surface area contributed by atoms with Crippen LogP contribution in [0.2, 0.25) is 0 Å². The molecule has 3 nitrogen and oxygen atoms in total. The number of thiophene rings is 1. The lowest BCUT2D eigenvalue weighted by Crippen LogP contribution is -2.53. The van der Waals surface area contributed by atoms with Gasteiger partial charge in [0.15, 0.2) is 0 Å². The fourth-order valence-corrected chi connectivity index (χ4v) is 3.14. The second-order valence-electron chi connectivity index (χ2n) is 4.22. The van der Waals surface area contributed by atoms with Crippen molar-refractivity contribution < 1.29 is 23.1 Å². The standard InChI is InChI=1S/C10H10F3NO2S/c11-10(12,13)7-2-1-6(17-7)9(8(15)16)3-5(14)4-9/h1-2,5H,3-4,14H2,(H,15,16). The molecule has 1 heterocycles. The molecule has 0 aliphatic heterocycles. The molecule has 0 amide bonds. The largest absolute Gasteiger partial charge is 0.481 e. The lowest BCUT2D eigenvalue weighted by Gasteiger charge is -2.41. The van der Waals surface area contributed by atoms with Crippen LogP contribution < -0.4 is 5.73 Å². The third kappa shape index (κ3) is 1.93. The third-order valence-electron chi connectivity index (χ3n) is 2.99. The SMILES string of the molecule is NC1CC(C(=O)O)(c2ccc(C(F)(F)F)s2)C1. The van der Waals surface area contributed by atoms with Crippen LogP contribution in [0.15, 0.2) is 12.1 Å². The first-order valence-electron chi connectivity index (χ1n) is 4.92. The van der Waals surface area contributed by atoms with Gasteiger partial charge in [0.25, 0.3) is 0 Å². The smallest absolute Gasteiger partial charge is 0.425 e. The Morgan fingerprint density at radius 2 is 2.06 bits per heavy atom. The van der Waals surface area contributed by atoms with Crippen molar-refractivity contribution in [2.75, 3.05) is 0 Å². The predicted octanol–water partition coefficient (Wildman–Crippen LogP) is 2.21. The first-order chi connectivity index (χ1) is 7.75. The van der Waals surface area contributed by atoms with E-state index in [0.717, 1.165) is 6.07 Å². The fraction of sp³-hybridized carbons (Fsp3) is 0.500. The molecule has 3 N–H and O–H groups in total. The van der Waals surface area contributed by atoms with Crippen LogP contribution in [0.4, 0.5) is 13.2 Å². The Kier molecular flexibility index (Phi) is 2.70.